The number of aryl methyl sites for hydroxylation is 1. The molecule has 0 radical (unpaired) electrons. The molecule has 4 amide bonds. The van der Waals surface area contributed by atoms with Crippen molar-refractivity contribution in [3.63, 3.8) is 0 Å². The van der Waals surface area contributed by atoms with Gasteiger partial charge in [0.2, 0.25) is 17.7 Å². The Morgan fingerprint density at radius 2 is 1.76 bits per heavy atom. The van der Waals surface area contributed by atoms with Gasteiger partial charge in [-0.25, -0.2) is 4.79 Å². The first-order valence-electron chi connectivity index (χ1n) is 15.6. The molecule has 1 saturated heterocycles. The molecule has 0 aromatic heterocycles. The number of carbonyl (C=O) groups is 4. The highest BCUT2D eigenvalue weighted by Gasteiger charge is 2.44. The summed E-state index contributed by atoms with van der Waals surface area (Å²) >= 11 is 0. The summed E-state index contributed by atoms with van der Waals surface area (Å²) in [7, 11) is 0. The van der Waals surface area contributed by atoms with E-state index in [1.54, 1.807) is 11.8 Å². The predicted octanol–water partition coefficient (Wildman–Crippen LogP) is 3.59. The van der Waals surface area contributed by atoms with Crippen LogP contribution in [0.4, 0.5) is 4.79 Å². The Balaban J connectivity index is 1.53. The maximum absolute atomic E-state index is 14.2. The molecule has 2 fully saturated rings. The number of hydrogen-bond donors (Lipinski definition) is 4. The van der Waals surface area contributed by atoms with Crippen molar-refractivity contribution in [1.29, 1.82) is 0 Å². The van der Waals surface area contributed by atoms with Crippen LogP contribution >= 0.6 is 0 Å². The maximum atomic E-state index is 14.2. The zero-order valence-corrected chi connectivity index (χ0v) is 25.6. The molecule has 10 heteroatoms. The summed E-state index contributed by atoms with van der Waals surface area (Å²) in [6.07, 6.45) is 6.52. The fourth-order valence-electron chi connectivity index (χ4n) is 6.86. The van der Waals surface area contributed by atoms with E-state index in [2.05, 4.69) is 22.8 Å². The summed E-state index contributed by atoms with van der Waals surface area (Å²) < 4.78 is 0. The quantitative estimate of drug-likeness (QED) is 0.368. The van der Waals surface area contributed by atoms with Gasteiger partial charge < -0.3 is 26.4 Å². The fraction of sp³-hybridized carbons (Fsp3) is 0.688. The zero-order valence-electron chi connectivity index (χ0n) is 25.6. The second-order valence-electron chi connectivity index (χ2n) is 13.7. The number of nitrogens with one attached hydrogen (secondary N) is 2. The lowest BCUT2D eigenvalue weighted by Gasteiger charge is -2.37. The lowest BCUT2D eigenvalue weighted by molar-refractivity contribution is -0.143. The van der Waals surface area contributed by atoms with Crippen LogP contribution in [0.5, 0.6) is 0 Å². The van der Waals surface area contributed by atoms with E-state index in [4.69, 9.17) is 5.73 Å². The van der Waals surface area contributed by atoms with Crippen LogP contribution in [-0.2, 0) is 20.8 Å². The van der Waals surface area contributed by atoms with E-state index in [-0.39, 0.29) is 48.3 Å². The molecule has 2 aliphatic carbocycles. The molecule has 232 valence electrons. The van der Waals surface area contributed by atoms with Gasteiger partial charge in [-0.3, -0.25) is 19.3 Å². The first-order valence-corrected chi connectivity index (χ1v) is 15.6. The number of carboxylic acid groups (broad SMARTS) is 1. The topological polar surface area (TPSA) is 145 Å². The Morgan fingerprint density at radius 1 is 1.07 bits per heavy atom. The second kappa shape index (κ2) is 13.4. The number of amides is 4. The normalized spacial score (nSPS) is 24.3. The van der Waals surface area contributed by atoms with Crippen molar-refractivity contribution in [3.05, 3.63) is 35.4 Å². The van der Waals surface area contributed by atoms with Crippen molar-refractivity contribution in [2.45, 2.75) is 116 Å². The molecule has 0 spiro atoms. The Hall–Kier alpha value is -3.14. The van der Waals surface area contributed by atoms with E-state index >= 15 is 0 Å². The van der Waals surface area contributed by atoms with Gasteiger partial charge in [-0.15, -0.1) is 0 Å². The first kappa shape index (κ1) is 31.8. The van der Waals surface area contributed by atoms with Gasteiger partial charge in [0, 0.05) is 19.1 Å². The van der Waals surface area contributed by atoms with Crippen LogP contribution in [0, 0.1) is 11.3 Å². The van der Waals surface area contributed by atoms with Gasteiger partial charge in [0.25, 0.3) is 0 Å². The monoisotopic (exact) mass is 583 g/mol. The van der Waals surface area contributed by atoms with Crippen LogP contribution in [0.3, 0.4) is 0 Å². The summed E-state index contributed by atoms with van der Waals surface area (Å²) in [4.78, 5) is 56.2. The van der Waals surface area contributed by atoms with Gasteiger partial charge in [-0.05, 0) is 67.9 Å². The molecule has 42 heavy (non-hydrogen) atoms. The van der Waals surface area contributed by atoms with E-state index in [9.17, 15) is 24.3 Å². The smallest absolute Gasteiger partial charge is 0.407 e. The Morgan fingerprint density at radius 3 is 2.43 bits per heavy atom. The summed E-state index contributed by atoms with van der Waals surface area (Å²) in [5.41, 5.74) is 8.34. The molecule has 5 atom stereocenters. The average molecular weight is 584 g/mol. The number of benzene rings is 1. The summed E-state index contributed by atoms with van der Waals surface area (Å²) in [6.45, 7) is 7.70. The van der Waals surface area contributed by atoms with Crippen LogP contribution in [0.15, 0.2) is 24.3 Å². The van der Waals surface area contributed by atoms with Crippen LogP contribution < -0.4 is 16.4 Å². The number of hydrogen-bond acceptors (Lipinski definition) is 5. The first-order chi connectivity index (χ1) is 19.9. The summed E-state index contributed by atoms with van der Waals surface area (Å²) in [5.74, 6) is -1.12. The van der Waals surface area contributed by atoms with Gasteiger partial charge in [0.05, 0.1) is 6.04 Å². The summed E-state index contributed by atoms with van der Waals surface area (Å²) in [5, 5.41) is 16.0. The molecule has 1 aliphatic heterocycles. The van der Waals surface area contributed by atoms with Crippen molar-refractivity contribution < 1.29 is 24.3 Å². The third-order valence-corrected chi connectivity index (χ3v) is 9.03. The van der Waals surface area contributed by atoms with Crippen molar-refractivity contribution in [3.8, 4) is 0 Å². The van der Waals surface area contributed by atoms with Gasteiger partial charge in [-0.2, -0.15) is 0 Å². The molecule has 1 aromatic rings. The third kappa shape index (κ3) is 7.62. The number of rotatable bonds is 8. The van der Waals surface area contributed by atoms with Crippen LogP contribution in [0.1, 0.15) is 96.2 Å². The van der Waals surface area contributed by atoms with E-state index in [1.165, 1.54) is 5.56 Å². The number of nitrogens with two attached hydrogens (primary N) is 1. The number of carbonyl (C=O) groups excluding carboxylic acids is 3. The molecule has 5 N–H and O–H groups in total. The number of likely N-dealkylation sites (tertiary alicyclic amines) is 1. The van der Waals surface area contributed by atoms with Crippen molar-refractivity contribution in [2.24, 2.45) is 17.1 Å². The van der Waals surface area contributed by atoms with Gasteiger partial charge in [-0.1, -0.05) is 64.3 Å². The third-order valence-electron chi connectivity index (χ3n) is 9.03. The van der Waals surface area contributed by atoms with Gasteiger partial charge in [0.1, 0.15) is 18.1 Å². The predicted molar refractivity (Wildman–Crippen MR) is 161 cm³/mol. The highest BCUT2D eigenvalue weighted by atomic mass is 16.4. The Kier molecular flexibility index (Phi) is 10.2. The molecule has 1 aromatic carbocycles. The number of fused-ring (bicyclic) bond motifs is 1. The van der Waals surface area contributed by atoms with Crippen molar-refractivity contribution >= 4 is 23.8 Å². The summed E-state index contributed by atoms with van der Waals surface area (Å²) in [6, 6.07) is 5.13. The van der Waals surface area contributed by atoms with Gasteiger partial charge >= 0.3 is 6.09 Å². The minimum absolute atomic E-state index is 0.0888. The van der Waals surface area contributed by atoms with E-state index < -0.39 is 30.1 Å². The van der Waals surface area contributed by atoms with Crippen LogP contribution in [0.25, 0.3) is 0 Å². The lowest BCUT2D eigenvalue weighted by Crippen LogP contribution is -2.59. The maximum Gasteiger partial charge on any atom is 0.407 e. The average Bonchev–Trinajstić information content (AvgIpc) is 3.35. The van der Waals surface area contributed by atoms with Crippen LogP contribution in [-0.4, -0.2) is 76.0 Å². The molecule has 3 aliphatic rings. The molecule has 10 nitrogen and oxygen atoms in total. The highest BCUT2D eigenvalue weighted by Crippen LogP contribution is 2.32. The molecule has 1 heterocycles. The fourth-order valence-corrected chi connectivity index (χ4v) is 6.86. The standard InChI is InChI=1S/C32H49N5O5/c1-20(37(31(41)42)19-32(2,3)4)28(38)35-27(22-12-6-5-7-13-22)30(40)36-18-23(33)17-26(36)29(39)34-25-16-10-14-21-11-8-9-15-24(21)25/h8-9,11,15,20,22-23,25-27H,5-7,10,12-14,16-19,33H2,1-4H3,(H,34,39)(H,35,38)(H,41,42)/t20-,23-,25+,26-,27-/m0/s1. The minimum atomic E-state index is -1.18. The lowest BCUT2D eigenvalue weighted by atomic mass is 9.83. The van der Waals surface area contributed by atoms with Gasteiger partial charge in [0.15, 0.2) is 0 Å². The second-order valence-corrected chi connectivity index (χ2v) is 13.7. The molecule has 0 bridgehead atoms. The molecular formula is C32H49N5O5. The Labute approximate surface area is 249 Å². The molecule has 0 unspecified atom stereocenters. The van der Waals surface area contributed by atoms with Crippen molar-refractivity contribution in [1.82, 2.24) is 20.4 Å². The van der Waals surface area contributed by atoms with Crippen LogP contribution in [0.2, 0.25) is 0 Å². The van der Waals surface area contributed by atoms with Crippen molar-refractivity contribution in [2.75, 3.05) is 13.1 Å². The Bertz CT molecular complexity index is 1140. The minimum Gasteiger partial charge on any atom is -0.465 e. The molecule has 1 saturated carbocycles. The molecular weight excluding hydrogens is 534 g/mol. The zero-order chi connectivity index (χ0) is 30.6. The van der Waals surface area contributed by atoms with E-state index in [0.717, 1.165) is 61.8 Å². The van der Waals surface area contributed by atoms with E-state index in [1.807, 2.05) is 32.9 Å². The van der Waals surface area contributed by atoms with E-state index in [0.29, 0.717) is 6.42 Å². The SMILES string of the molecule is C[C@@H](C(=O)N[C@H](C(=O)N1C[C@@H](N)C[C@H]1C(=O)N[C@@H]1CCCc2ccccc21)C1CCCCC1)N(CC(C)(C)C)C(=O)O. The largest absolute Gasteiger partial charge is 0.465 e. The highest BCUT2D eigenvalue weighted by molar-refractivity contribution is 5.94. The number of nitrogens with zero attached hydrogens (tertiary/aromatic N) is 2. The molecule has 4 rings (SSSR count).